The number of hydrogen-bond donors (Lipinski definition) is 2. The molecular formula is C28H28BrN5O6S2. The van der Waals surface area contributed by atoms with Gasteiger partial charge in [0.25, 0.3) is 20.0 Å². The maximum absolute atomic E-state index is 13.7. The molecule has 14 heteroatoms. The van der Waals surface area contributed by atoms with Crippen molar-refractivity contribution in [3.05, 3.63) is 94.2 Å². The zero-order valence-electron chi connectivity index (χ0n) is 23.1. The lowest BCUT2D eigenvalue weighted by molar-refractivity contribution is -0.114. The van der Waals surface area contributed by atoms with Crippen LogP contribution in [0.2, 0.25) is 0 Å². The van der Waals surface area contributed by atoms with E-state index in [9.17, 15) is 21.6 Å². The Morgan fingerprint density at radius 2 is 1.45 bits per heavy atom. The molecule has 2 N–H and O–H groups in total. The molecule has 1 aromatic heterocycles. The number of carbonyl (C=O) groups excluding carboxylic acids is 1. The fraction of sp³-hybridized carbons (Fsp3) is 0.179. The largest absolute Gasteiger partial charge is 0.496 e. The summed E-state index contributed by atoms with van der Waals surface area (Å²) in [6, 6.07) is 18.2. The Kier molecular flexibility index (Phi) is 9.18. The number of hydrogen-bond acceptors (Lipinski definition) is 8. The Bertz CT molecular complexity index is 1810. The van der Waals surface area contributed by atoms with Crippen molar-refractivity contribution in [1.29, 1.82) is 0 Å². The van der Waals surface area contributed by atoms with Crippen molar-refractivity contribution in [1.82, 2.24) is 9.97 Å². The average Bonchev–Trinajstić information content (AvgIpc) is 2.91. The molecule has 0 saturated heterocycles. The molecule has 4 aromatic rings. The molecule has 4 rings (SSSR count). The van der Waals surface area contributed by atoms with Gasteiger partial charge in [-0.2, -0.15) is 0 Å². The third kappa shape index (κ3) is 7.24. The highest BCUT2D eigenvalue weighted by molar-refractivity contribution is 9.10. The van der Waals surface area contributed by atoms with Gasteiger partial charge in [0.05, 0.1) is 27.1 Å². The summed E-state index contributed by atoms with van der Waals surface area (Å²) in [4.78, 5) is 21.2. The van der Waals surface area contributed by atoms with Gasteiger partial charge in [-0.15, -0.1) is 0 Å². The molecule has 0 unspecified atom stereocenters. The van der Waals surface area contributed by atoms with Crippen LogP contribution < -0.4 is 19.1 Å². The first kappa shape index (κ1) is 30.9. The van der Waals surface area contributed by atoms with Crippen LogP contribution in [0.5, 0.6) is 5.75 Å². The smallest absolute Gasteiger partial charge is 0.264 e. The minimum Gasteiger partial charge on any atom is -0.496 e. The van der Waals surface area contributed by atoms with Gasteiger partial charge in [-0.1, -0.05) is 17.7 Å². The molecule has 0 saturated carbocycles. The predicted molar refractivity (Wildman–Crippen MR) is 164 cm³/mol. The summed E-state index contributed by atoms with van der Waals surface area (Å²) in [6.45, 7) is 4.78. The summed E-state index contributed by atoms with van der Waals surface area (Å²) >= 11 is 3.31. The first-order valence-corrected chi connectivity index (χ1v) is 16.2. The molecule has 0 aliphatic heterocycles. The maximum Gasteiger partial charge on any atom is 0.264 e. The average molecular weight is 675 g/mol. The topological polar surface area (TPSA) is 148 Å². The second-order valence-electron chi connectivity index (χ2n) is 9.30. The second kappa shape index (κ2) is 12.5. The molecule has 0 aliphatic rings. The number of amides is 1. The summed E-state index contributed by atoms with van der Waals surface area (Å²) in [5.41, 5.74) is 2.71. The number of carbonyl (C=O) groups is 1. The standard InChI is InChI=1S/C28H28BrN5O6S2/c1-18-5-9-22(10-6-18)34(42(38,39)24-13-14-26(40-4)25(29)16-24)17-27(35)32-21-7-11-23(12-8-21)41(36,37)33-28-30-19(2)15-20(3)31-28/h5-16H,17H2,1-4H3,(H,32,35)(H,30,31,33). The summed E-state index contributed by atoms with van der Waals surface area (Å²) in [5, 5.41) is 2.64. The third-order valence-electron chi connectivity index (χ3n) is 5.98. The van der Waals surface area contributed by atoms with E-state index in [1.165, 1.54) is 49.6 Å². The third-order valence-corrected chi connectivity index (χ3v) is 9.71. The highest BCUT2D eigenvalue weighted by atomic mass is 79.9. The number of nitrogens with one attached hydrogen (secondary N) is 2. The van der Waals surface area contributed by atoms with Crippen molar-refractivity contribution in [2.24, 2.45) is 0 Å². The first-order chi connectivity index (χ1) is 19.8. The van der Waals surface area contributed by atoms with E-state index in [0.717, 1.165) is 9.87 Å². The zero-order chi connectivity index (χ0) is 30.7. The summed E-state index contributed by atoms with van der Waals surface area (Å²) < 4.78 is 62.1. The van der Waals surface area contributed by atoms with Gasteiger partial charge in [0.15, 0.2) is 0 Å². The van der Waals surface area contributed by atoms with Gasteiger partial charge < -0.3 is 10.1 Å². The Hall–Kier alpha value is -4.01. The Morgan fingerprint density at radius 3 is 2.02 bits per heavy atom. The molecular weight excluding hydrogens is 646 g/mol. The molecule has 0 fully saturated rings. The molecule has 11 nitrogen and oxygen atoms in total. The van der Waals surface area contributed by atoms with Gasteiger partial charge >= 0.3 is 0 Å². The molecule has 42 heavy (non-hydrogen) atoms. The van der Waals surface area contributed by atoms with Crippen molar-refractivity contribution in [3.8, 4) is 5.75 Å². The highest BCUT2D eigenvalue weighted by Crippen LogP contribution is 2.31. The molecule has 220 valence electrons. The number of anilines is 3. The highest BCUT2D eigenvalue weighted by Gasteiger charge is 2.28. The summed E-state index contributed by atoms with van der Waals surface area (Å²) in [5.74, 6) is -0.231. The number of nitrogens with zero attached hydrogens (tertiary/aromatic N) is 3. The van der Waals surface area contributed by atoms with Crippen molar-refractivity contribution in [2.45, 2.75) is 30.6 Å². The Morgan fingerprint density at radius 1 is 0.857 bits per heavy atom. The number of rotatable bonds is 10. The van der Waals surface area contributed by atoms with Crippen LogP contribution in [0.15, 0.2) is 87.1 Å². The summed E-state index contributed by atoms with van der Waals surface area (Å²) in [6.07, 6.45) is 0. The van der Waals surface area contributed by atoms with Gasteiger partial charge in [0.1, 0.15) is 12.3 Å². The second-order valence-corrected chi connectivity index (χ2v) is 13.7. The summed E-state index contributed by atoms with van der Waals surface area (Å²) in [7, 11) is -6.71. The minimum absolute atomic E-state index is 0.0432. The van der Waals surface area contributed by atoms with Crippen LogP contribution in [0.4, 0.5) is 17.3 Å². The number of methoxy groups -OCH3 is 1. The molecule has 0 spiro atoms. The van der Waals surface area contributed by atoms with Crippen LogP contribution in [0, 0.1) is 20.8 Å². The molecule has 0 radical (unpaired) electrons. The van der Waals surface area contributed by atoms with E-state index in [1.807, 2.05) is 6.92 Å². The molecule has 0 aliphatic carbocycles. The van der Waals surface area contributed by atoms with E-state index in [0.29, 0.717) is 27.3 Å². The predicted octanol–water partition coefficient (Wildman–Crippen LogP) is 4.81. The zero-order valence-corrected chi connectivity index (χ0v) is 26.3. The Labute approximate surface area is 253 Å². The van der Waals surface area contributed by atoms with Crippen molar-refractivity contribution < 1.29 is 26.4 Å². The first-order valence-electron chi connectivity index (χ1n) is 12.5. The van der Waals surface area contributed by atoms with Crippen LogP contribution in [-0.4, -0.2) is 46.4 Å². The lowest BCUT2D eigenvalue weighted by Gasteiger charge is -2.24. The molecule has 3 aromatic carbocycles. The normalized spacial score (nSPS) is 11.5. The monoisotopic (exact) mass is 673 g/mol. The maximum atomic E-state index is 13.7. The van der Waals surface area contributed by atoms with E-state index >= 15 is 0 Å². The Balaban J connectivity index is 1.55. The van der Waals surface area contributed by atoms with E-state index in [2.05, 4.69) is 35.9 Å². The lowest BCUT2D eigenvalue weighted by atomic mass is 10.2. The van der Waals surface area contributed by atoms with Crippen LogP contribution >= 0.6 is 15.9 Å². The van der Waals surface area contributed by atoms with E-state index < -0.39 is 32.5 Å². The van der Waals surface area contributed by atoms with Crippen LogP contribution in [-0.2, 0) is 24.8 Å². The van der Waals surface area contributed by atoms with Gasteiger partial charge in [-0.25, -0.2) is 31.5 Å². The van der Waals surface area contributed by atoms with Crippen LogP contribution in [0.1, 0.15) is 17.0 Å². The van der Waals surface area contributed by atoms with E-state index in [-0.39, 0.29) is 21.4 Å². The minimum atomic E-state index is -4.18. The number of sulfonamides is 2. The van der Waals surface area contributed by atoms with E-state index in [4.69, 9.17) is 4.74 Å². The number of halogens is 1. The van der Waals surface area contributed by atoms with Crippen LogP contribution in [0.25, 0.3) is 0 Å². The number of ether oxygens (including phenoxy) is 1. The van der Waals surface area contributed by atoms with Crippen molar-refractivity contribution >= 4 is 59.2 Å². The van der Waals surface area contributed by atoms with Crippen molar-refractivity contribution in [3.63, 3.8) is 0 Å². The SMILES string of the molecule is COc1ccc(S(=O)(=O)N(CC(=O)Nc2ccc(S(=O)(=O)Nc3nc(C)cc(C)n3)cc2)c2ccc(C)cc2)cc1Br. The van der Waals surface area contributed by atoms with Gasteiger partial charge in [-0.05, 0) is 97.4 Å². The molecule has 0 atom stereocenters. The molecule has 1 heterocycles. The van der Waals surface area contributed by atoms with Crippen LogP contribution in [0.3, 0.4) is 0 Å². The number of benzene rings is 3. The van der Waals surface area contributed by atoms with Gasteiger partial charge in [-0.3, -0.25) is 9.10 Å². The fourth-order valence-corrected chi connectivity index (χ4v) is 7.04. The molecule has 1 amide bonds. The van der Waals surface area contributed by atoms with Gasteiger partial charge in [0, 0.05) is 17.1 Å². The number of aromatic nitrogens is 2. The fourth-order valence-electron chi connectivity index (χ4n) is 3.96. The van der Waals surface area contributed by atoms with Gasteiger partial charge in [0.2, 0.25) is 11.9 Å². The van der Waals surface area contributed by atoms with E-state index in [1.54, 1.807) is 44.2 Å². The van der Waals surface area contributed by atoms with Crippen molar-refractivity contribution in [2.75, 3.05) is 28.0 Å². The lowest BCUT2D eigenvalue weighted by Crippen LogP contribution is -2.38. The quantitative estimate of drug-likeness (QED) is 0.244. The molecule has 0 bridgehead atoms. The number of aryl methyl sites for hydroxylation is 3.